The number of halogens is 9. The van der Waals surface area contributed by atoms with Gasteiger partial charge in [-0.2, -0.15) is 26.3 Å². The van der Waals surface area contributed by atoms with Gasteiger partial charge in [0.05, 0.1) is 23.6 Å². The summed E-state index contributed by atoms with van der Waals surface area (Å²) >= 11 is 0. The maximum Gasteiger partial charge on any atom is 0.419 e. The third-order valence-electron chi connectivity index (χ3n) is 8.31. The van der Waals surface area contributed by atoms with Gasteiger partial charge in [0.2, 0.25) is 5.91 Å². The molecule has 280 valence electrons. The Morgan fingerprint density at radius 3 is 2.08 bits per heavy atom. The summed E-state index contributed by atoms with van der Waals surface area (Å²) in [6.07, 6.45) is -11.1. The summed E-state index contributed by atoms with van der Waals surface area (Å²) in [6.45, 7) is 6.03. The second kappa shape index (κ2) is 15.9. The summed E-state index contributed by atoms with van der Waals surface area (Å²) in [5.41, 5.74) is -7.85. The van der Waals surface area contributed by atoms with Crippen LogP contribution >= 0.6 is 0 Å². The fraction of sp³-hybridized carbons (Fsp3) is 0.457. The molecule has 1 aromatic heterocycles. The molecule has 2 N–H and O–H groups in total. The summed E-state index contributed by atoms with van der Waals surface area (Å²) in [7, 11) is 3.39. The molecule has 0 radical (unpaired) electrons. The lowest BCUT2D eigenvalue weighted by Crippen LogP contribution is -2.41. The molecule has 0 fully saturated rings. The summed E-state index contributed by atoms with van der Waals surface area (Å²) in [5, 5.41) is 11.7. The highest BCUT2D eigenvalue weighted by Crippen LogP contribution is 2.42. The van der Waals surface area contributed by atoms with Crippen LogP contribution in [0.5, 0.6) is 0 Å². The van der Waals surface area contributed by atoms with Gasteiger partial charge in [0.1, 0.15) is 23.5 Å². The van der Waals surface area contributed by atoms with Crippen LogP contribution in [-0.2, 0) is 28.4 Å². The highest BCUT2D eigenvalue weighted by atomic mass is 19.4. The molecule has 1 amide bonds. The number of amides is 1. The van der Waals surface area contributed by atoms with Gasteiger partial charge in [0, 0.05) is 23.4 Å². The van der Waals surface area contributed by atoms with Gasteiger partial charge in [-0.3, -0.25) is 14.4 Å². The highest BCUT2D eigenvalue weighted by Gasteiger charge is 2.41. The summed E-state index contributed by atoms with van der Waals surface area (Å²) < 4.78 is 132. The first-order chi connectivity index (χ1) is 23.4. The maximum atomic E-state index is 16.4. The van der Waals surface area contributed by atoms with E-state index >= 15 is 8.78 Å². The van der Waals surface area contributed by atoms with Crippen molar-refractivity contribution in [2.75, 3.05) is 20.6 Å². The number of hydrogen-bond donors (Lipinski definition) is 2. The van der Waals surface area contributed by atoms with E-state index in [-0.39, 0.29) is 47.6 Å². The van der Waals surface area contributed by atoms with Gasteiger partial charge in [-0.15, -0.1) is 0 Å². The Hall–Kier alpha value is -4.34. The van der Waals surface area contributed by atoms with Crippen molar-refractivity contribution in [3.8, 4) is 11.1 Å². The Morgan fingerprint density at radius 1 is 0.941 bits per heavy atom. The normalized spacial score (nSPS) is 13.5. The Labute approximate surface area is 288 Å². The average Bonchev–Trinajstić information content (AvgIpc) is 2.98. The Morgan fingerprint density at radius 2 is 1.55 bits per heavy atom. The van der Waals surface area contributed by atoms with Crippen LogP contribution in [0.2, 0.25) is 0 Å². The van der Waals surface area contributed by atoms with Crippen molar-refractivity contribution in [3.63, 3.8) is 0 Å². The van der Waals surface area contributed by atoms with E-state index in [2.05, 4.69) is 5.32 Å². The zero-order valence-electron chi connectivity index (χ0n) is 28.6. The third-order valence-corrected chi connectivity index (χ3v) is 8.31. The van der Waals surface area contributed by atoms with Gasteiger partial charge in [-0.05, 0) is 94.1 Å². The molecule has 2 aromatic carbocycles. The molecule has 0 aliphatic heterocycles. The number of pyridine rings is 1. The molecule has 1 heterocycles. The number of aliphatic carboxylic acids is 1. The molecule has 16 heteroatoms. The molecule has 0 aliphatic rings. The molecule has 3 aromatic rings. The minimum atomic E-state index is -5.47. The minimum absolute atomic E-state index is 0.0948. The first kappa shape index (κ1) is 41.1. The first-order valence-electron chi connectivity index (χ1n) is 15.8. The monoisotopic (exact) mass is 735 g/mol. The van der Waals surface area contributed by atoms with Crippen molar-refractivity contribution in [1.29, 1.82) is 0 Å². The summed E-state index contributed by atoms with van der Waals surface area (Å²) in [6, 6.07) is -1.44. The molecule has 51 heavy (non-hydrogen) atoms. The number of benzene rings is 2. The second-order valence-electron chi connectivity index (χ2n) is 13.0. The van der Waals surface area contributed by atoms with Crippen LogP contribution in [0.4, 0.5) is 39.5 Å². The number of carbonyl (C=O) groups is 2. The fourth-order valence-corrected chi connectivity index (χ4v) is 5.93. The smallest absolute Gasteiger partial charge is 0.419 e. The van der Waals surface area contributed by atoms with Gasteiger partial charge in [-0.25, -0.2) is 13.2 Å². The quantitative estimate of drug-likeness (QED) is 0.174. The van der Waals surface area contributed by atoms with Crippen molar-refractivity contribution in [2.45, 2.75) is 77.8 Å². The number of carboxylic acid groups (broad SMARTS) is 1. The van der Waals surface area contributed by atoms with Crippen LogP contribution in [0.3, 0.4) is 0 Å². The van der Waals surface area contributed by atoms with Crippen LogP contribution in [0.1, 0.15) is 78.6 Å². The van der Waals surface area contributed by atoms with Crippen molar-refractivity contribution < 1.29 is 54.2 Å². The number of carboxylic acids is 1. The number of alkyl halides is 6. The van der Waals surface area contributed by atoms with Crippen molar-refractivity contribution in [2.24, 2.45) is 5.92 Å². The zero-order chi connectivity index (χ0) is 38.7. The number of carbonyl (C=O) groups excluding carboxylic acids is 1. The van der Waals surface area contributed by atoms with Crippen molar-refractivity contribution in [3.05, 3.63) is 91.6 Å². The Kier molecular flexibility index (Phi) is 12.8. The summed E-state index contributed by atoms with van der Waals surface area (Å²) in [4.78, 5) is 40.7. The van der Waals surface area contributed by atoms with E-state index in [4.69, 9.17) is 0 Å². The lowest BCUT2D eigenvalue weighted by molar-refractivity contribution is -0.140. The van der Waals surface area contributed by atoms with E-state index < -0.39 is 93.9 Å². The number of aromatic nitrogens is 1. The molecule has 3 rings (SSSR count). The van der Waals surface area contributed by atoms with Crippen LogP contribution in [0, 0.1) is 37.2 Å². The minimum Gasteiger partial charge on any atom is -0.481 e. The van der Waals surface area contributed by atoms with Gasteiger partial charge in [0.15, 0.2) is 0 Å². The van der Waals surface area contributed by atoms with E-state index in [0.717, 1.165) is 25.3 Å². The molecule has 0 bridgehead atoms. The second-order valence-corrected chi connectivity index (χ2v) is 13.0. The van der Waals surface area contributed by atoms with Crippen LogP contribution in [0.15, 0.2) is 35.3 Å². The van der Waals surface area contributed by atoms with Crippen LogP contribution in [-0.4, -0.2) is 47.1 Å². The molecule has 2 unspecified atom stereocenters. The largest absolute Gasteiger partial charge is 0.481 e. The van der Waals surface area contributed by atoms with Gasteiger partial charge >= 0.3 is 18.3 Å². The molecule has 0 saturated heterocycles. The predicted octanol–water partition coefficient (Wildman–Crippen LogP) is 8.00. The SMILES string of the molecule is Cc1ccc(F)c(C)c1-c1cc(C(F)(F)F)c(F)c(C(CC(=O)O)NC(=O)C(CC(C)C)n2cc(CCCN(C)C)c(C(F)(F)F)cc2=O)c1F. The number of nitrogens with one attached hydrogen (secondary N) is 1. The van der Waals surface area contributed by atoms with Gasteiger partial charge in [0.25, 0.3) is 5.56 Å². The van der Waals surface area contributed by atoms with Crippen LogP contribution < -0.4 is 10.9 Å². The molecule has 0 spiro atoms. The van der Waals surface area contributed by atoms with Crippen molar-refractivity contribution in [1.82, 2.24) is 14.8 Å². The Balaban J connectivity index is 2.28. The predicted molar refractivity (Wildman–Crippen MR) is 170 cm³/mol. The molecule has 7 nitrogen and oxygen atoms in total. The fourth-order valence-electron chi connectivity index (χ4n) is 5.93. The highest BCUT2D eigenvalue weighted by molar-refractivity contribution is 5.82. The number of aryl methyl sites for hydroxylation is 2. The number of nitrogens with zero attached hydrogens (tertiary/aromatic N) is 2. The third kappa shape index (κ3) is 9.71. The molecule has 0 saturated carbocycles. The lowest BCUT2D eigenvalue weighted by Gasteiger charge is -2.27. The Bertz CT molecular complexity index is 1830. The molecular formula is C35H38F9N3O4. The van der Waals surface area contributed by atoms with E-state index in [1.165, 1.54) is 6.92 Å². The molecular weight excluding hydrogens is 697 g/mol. The van der Waals surface area contributed by atoms with Gasteiger partial charge in [-0.1, -0.05) is 19.9 Å². The zero-order valence-corrected chi connectivity index (χ0v) is 28.6. The van der Waals surface area contributed by atoms with Crippen LogP contribution in [0.25, 0.3) is 11.1 Å². The van der Waals surface area contributed by atoms with E-state index in [9.17, 15) is 50.2 Å². The maximum absolute atomic E-state index is 16.4. The van der Waals surface area contributed by atoms with Crippen molar-refractivity contribution >= 4 is 11.9 Å². The summed E-state index contributed by atoms with van der Waals surface area (Å²) in [5.74, 6) is -8.42. The van der Waals surface area contributed by atoms with E-state index in [0.29, 0.717) is 17.2 Å². The lowest BCUT2D eigenvalue weighted by atomic mass is 9.89. The first-order valence-corrected chi connectivity index (χ1v) is 15.8. The molecule has 2 atom stereocenters. The topological polar surface area (TPSA) is 91.6 Å². The van der Waals surface area contributed by atoms with Gasteiger partial charge < -0.3 is 19.9 Å². The number of rotatable bonds is 13. The van der Waals surface area contributed by atoms with E-state index in [1.807, 2.05) is 0 Å². The average molecular weight is 736 g/mol. The molecule has 0 aliphatic carbocycles. The standard InChI is InChI=1S/C35H38F9N3O4/c1-17(2)12-26(47-16-20(8-7-11-46(5)6)22(14-27(47)48)34(39,40)41)33(51)45-25(15-28(49)50)30-31(37)21(13-23(32(30)38)35(42,43)44)29-18(3)9-10-24(36)19(29)4/h9-10,13-14,16-17,25-26H,7-8,11-12,15H2,1-6H3,(H,45,51)(H,49,50). The van der Waals surface area contributed by atoms with E-state index in [1.54, 1.807) is 32.8 Å². The number of hydrogen-bond acceptors (Lipinski definition) is 4.